The van der Waals surface area contributed by atoms with Crippen molar-refractivity contribution in [3.05, 3.63) is 323 Å². The molecule has 7 fully saturated rings. The highest BCUT2D eigenvalue weighted by atomic mass is 19.1. The van der Waals surface area contributed by atoms with Crippen LogP contribution in [0.5, 0.6) is 0 Å². The minimum Gasteiger partial charge on any atom is -0.374 e. The molecule has 0 aliphatic carbocycles. The van der Waals surface area contributed by atoms with Crippen LogP contribution < -0.4 is 51.1 Å². The van der Waals surface area contributed by atoms with Gasteiger partial charge in [0, 0.05) is 177 Å². The van der Waals surface area contributed by atoms with Crippen LogP contribution in [-0.4, -0.2) is 167 Å². The fourth-order valence-corrected chi connectivity index (χ4v) is 20.4. The highest BCUT2D eigenvalue weighted by Gasteiger charge is 2.42. The topological polar surface area (TPSA) is 234 Å². The summed E-state index contributed by atoms with van der Waals surface area (Å²) in [5, 5.41) is 28.3. The van der Waals surface area contributed by atoms with Crippen molar-refractivity contribution < 1.29 is 31.4 Å². The van der Waals surface area contributed by atoms with Crippen molar-refractivity contribution in [3.8, 4) is 0 Å². The van der Waals surface area contributed by atoms with Crippen molar-refractivity contribution in [1.29, 1.82) is 0 Å². The van der Waals surface area contributed by atoms with Crippen molar-refractivity contribution in [2.24, 2.45) is 25.0 Å². The van der Waals surface area contributed by atoms with Gasteiger partial charge in [-0.1, -0.05) is 84.9 Å². The number of anilines is 10. The Morgan fingerprint density at radius 3 is 1.22 bits per heavy atom. The Kier molecular flexibility index (Phi) is 22.4. The molecule has 134 heavy (non-hydrogen) atoms. The number of aliphatic imine (C=N–C) groups is 5. The van der Waals surface area contributed by atoms with Gasteiger partial charge < -0.3 is 60.6 Å². The maximum absolute atomic E-state index is 13.6. The monoisotopic (exact) mass is 1790 g/mol. The molecule has 5 N–H and O–H groups in total. The molecule has 7 atom stereocenters. The molecule has 4 unspecified atom stereocenters. The zero-order chi connectivity index (χ0) is 89.9. The molecule has 0 amide bonds. The summed E-state index contributed by atoms with van der Waals surface area (Å²) < 4.78 is 79.1. The number of ether oxygens (including phenoxy) is 2. The first-order valence-electron chi connectivity index (χ1n) is 46.0. The van der Waals surface area contributed by atoms with Crippen LogP contribution in [0.3, 0.4) is 0 Å². The van der Waals surface area contributed by atoms with Gasteiger partial charge in [-0.25, -0.2) is 36.9 Å². The molecule has 0 saturated carbocycles. The minimum absolute atomic E-state index is 0.346. The first-order chi connectivity index (χ1) is 65.8. The van der Waals surface area contributed by atoms with Gasteiger partial charge in [0.1, 0.15) is 70.7 Å². The number of amidine groups is 5. The number of benzene rings is 9. The van der Waals surface area contributed by atoms with E-state index in [4.69, 9.17) is 9.47 Å². The van der Waals surface area contributed by atoms with E-state index >= 15 is 0 Å². The van der Waals surface area contributed by atoms with Crippen LogP contribution >= 0.6 is 0 Å². The molecule has 670 valence electrons. The number of halogens is 5. The Labute approximate surface area is 769 Å². The number of nitrogens with zero attached hydrogens (tertiary/aromatic N) is 16. The zero-order valence-corrected chi connectivity index (χ0v) is 73.3. The number of morpholine rings is 2. The smallest absolute Gasteiger partial charge is 0.152 e. The van der Waals surface area contributed by atoms with Gasteiger partial charge in [-0.3, -0.25) is 39.9 Å². The Morgan fingerprint density at radius 1 is 0.313 bits per heavy atom. The Bertz CT molecular complexity index is 7110. The van der Waals surface area contributed by atoms with Crippen LogP contribution in [0.15, 0.2) is 281 Å². The number of fused-ring (bicyclic) bond motifs is 14. The van der Waals surface area contributed by atoms with Crippen molar-refractivity contribution >= 4 is 140 Å². The van der Waals surface area contributed by atoms with Crippen LogP contribution in [0.1, 0.15) is 88.3 Å². The Morgan fingerprint density at radius 2 is 0.716 bits per heavy atom. The fourth-order valence-electron chi connectivity index (χ4n) is 20.4. The summed E-state index contributed by atoms with van der Waals surface area (Å²) in [7, 11) is 0. The largest absolute Gasteiger partial charge is 0.374 e. The predicted molar refractivity (Wildman–Crippen MR) is 524 cm³/mol. The number of rotatable bonds is 10. The van der Waals surface area contributed by atoms with E-state index in [-0.39, 0.29) is 11.6 Å². The lowest BCUT2D eigenvalue weighted by molar-refractivity contribution is 0.0988. The van der Waals surface area contributed by atoms with E-state index in [1.165, 1.54) is 68.1 Å². The zero-order valence-electron chi connectivity index (χ0n) is 73.3. The molecule has 15 aromatic rings. The minimum atomic E-state index is -0.754. The Hall–Kier alpha value is -14.9. The lowest BCUT2D eigenvalue weighted by atomic mass is 10.1. The third-order valence-electron chi connectivity index (χ3n) is 27.0. The van der Waals surface area contributed by atoms with Crippen molar-refractivity contribution in [3.63, 3.8) is 0 Å². The number of nitrogens with one attached hydrogen (secondary N) is 5. The normalized spacial score (nSPS) is 20.4. The standard InChI is InChI=1S/C22H20FN3.2C21H18F2N4.2C21H19N5O/c23-17-10-11-26(14-17)21-7-3-5-15-12-18(8-9-19(15)21)25-22-20-6-2-1-4-16(20)13-24-22;22-15-6-7-27(12-15)19-3-1-2-13-9-17(4-5-18(13)19)26-21-20-14(10-25-21)8-16(23)11-24-20;22-14-6-7-27(12-14)20-3-1-2-13-8-16(4-5-17(13)20)26-21-18-9-15(23)10-24-19(18)11-25-21;1-2-18-19(22-6-1)10-24-20(18)25-14-3-4-17-13(8-14)5-7-23-21(17)26-11-16-9-15(26)12-27-16;1-2-14-10-24-20(19(14)22-6-1)25-15-3-4-18-13(8-15)5-7-23-21(18)26-11-17-9-16(26)12-27-17/h1-9,12,17H,10-11,13-14H2,(H,24,25);1-5,8-9,11,15H,6-7,10,12H2,(H,25,26);1-5,8-10,14H,6-7,11-12H2,(H,25,26);1-8,15-16H,9-12H2,(H,24,25);1-8,16-17H,9-12H2,(H,24,25)/t17-;15-;14-;;/m111../s1. The SMILES string of the molecule is F[C@@H]1CCN(c2cccc3cc(NC4=NCc5ccccc54)ccc23)C1.Fc1cnc2c(c1)C(Nc1ccc3c(N4CC[C@@H](F)C4)cccc3c1)=NC2.Fc1cnc2c(c1)CN=C2Nc1ccc2c(N3CC[C@@H](F)C3)cccc2c1.c1cnc2c(c1)C(Nc1ccc3c(N4CC5CC4CO5)nccc3c1)=NC2.c1cnc2c(c1)CN=C2Nc1ccc2c(N3CC4CC3CO4)nccc2c1. The van der Waals surface area contributed by atoms with Crippen LogP contribution in [0.4, 0.5) is 79.1 Å². The summed E-state index contributed by atoms with van der Waals surface area (Å²) in [5.74, 6) is 5.37. The molecular weight excluding hydrogens is 1690 g/mol. The highest BCUT2D eigenvalue weighted by molar-refractivity contribution is 6.15. The molecule has 0 radical (unpaired) electrons. The van der Waals surface area contributed by atoms with Gasteiger partial charge in [0.2, 0.25) is 0 Å². The van der Waals surface area contributed by atoms with E-state index in [1.54, 1.807) is 0 Å². The van der Waals surface area contributed by atoms with E-state index in [0.29, 0.717) is 112 Å². The third-order valence-corrected chi connectivity index (χ3v) is 27.0. The van der Waals surface area contributed by atoms with Gasteiger partial charge in [-0.05, 0) is 198 Å². The maximum atomic E-state index is 13.6. The molecule has 28 heteroatoms. The van der Waals surface area contributed by atoms with Gasteiger partial charge in [0.05, 0.1) is 94.0 Å². The van der Waals surface area contributed by atoms with Gasteiger partial charge in [-0.2, -0.15) is 0 Å². The molecule has 12 aliphatic rings. The average molecular weight is 1790 g/mol. The molecule has 7 saturated heterocycles. The van der Waals surface area contributed by atoms with Crippen LogP contribution in [0.25, 0.3) is 53.9 Å². The third kappa shape index (κ3) is 17.0. The summed E-state index contributed by atoms with van der Waals surface area (Å²) in [6.45, 7) is 10.1. The lowest BCUT2D eigenvalue weighted by Crippen LogP contribution is -2.37. The maximum Gasteiger partial charge on any atom is 0.152 e. The van der Waals surface area contributed by atoms with Crippen molar-refractivity contribution in [1.82, 2.24) is 29.9 Å². The van der Waals surface area contributed by atoms with Gasteiger partial charge in [-0.15, -0.1) is 0 Å². The molecular formula is C106H94F5N21O2. The second kappa shape index (κ2) is 36.0. The van der Waals surface area contributed by atoms with E-state index < -0.39 is 18.5 Å². The summed E-state index contributed by atoms with van der Waals surface area (Å²) in [6.07, 6.45) is 12.4. The highest BCUT2D eigenvalue weighted by Crippen LogP contribution is 2.42. The van der Waals surface area contributed by atoms with E-state index in [1.807, 2.05) is 116 Å². The number of alkyl halides is 3. The number of pyridine rings is 6. The fraction of sp³-hybridized carbons (Fsp3) is 0.255. The average Bonchev–Trinajstić information content (AvgIpc) is 1.59. The summed E-state index contributed by atoms with van der Waals surface area (Å²) in [4.78, 5) is 60.4. The molecule has 12 aliphatic heterocycles. The van der Waals surface area contributed by atoms with Crippen LogP contribution in [0, 0.1) is 11.6 Å². The molecule has 18 heterocycles. The lowest BCUT2D eigenvalue weighted by Gasteiger charge is -2.28. The van der Waals surface area contributed by atoms with E-state index in [2.05, 4.69) is 221 Å². The van der Waals surface area contributed by atoms with Gasteiger partial charge in [0.25, 0.3) is 0 Å². The van der Waals surface area contributed by atoms with Crippen molar-refractivity contribution in [2.45, 2.75) is 108 Å². The second-order valence-electron chi connectivity index (χ2n) is 35.7. The summed E-state index contributed by atoms with van der Waals surface area (Å²) >= 11 is 0. The van der Waals surface area contributed by atoms with Gasteiger partial charge in [0.15, 0.2) is 11.7 Å². The Balaban J connectivity index is 0.0000000946. The second-order valence-corrected chi connectivity index (χ2v) is 35.7. The molecule has 23 nitrogen and oxygen atoms in total. The van der Waals surface area contributed by atoms with E-state index in [9.17, 15) is 22.0 Å². The van der Waals surface area contributed by atoms with E-state index in [0.717, 1.165) is 195 Å². The first kappa shape index (κ1) is 83.4. The van der Waals surface area contributed by atoms with Crippen LogP contribution in [-0.2, 0) is 42.2 Å². The number of aromatic nitrogens is 6. The molecule has 0 spiro atoms. The molecule has 4 bridgehead atoms. The summed E-state index contributed by atoms with van der Waals surface area (Å²) in [6, 6.07) is 74.1. The number of hydrogen-bond donors (Lipinski definition) is 5. The number of hydrogen-bond acceptors (Lipinski definition) is 23. The molecule has 27 rings (SSSR count). The summed E-state index contributed by atoms with van der Waals surface area (Å²) in [5.41, 5.74) is 17.7. The van der Waals surface area contributed by atoms with Crippen LogP contribution in [0.2, 0.25) is 0 Å². The van der Waals surface area contributed by atoms with Gasteiger partial charge >= 0.3 is 0 Å². The molecule has 9 aromatic carbocycles. The predicted octanol–water partition coefficient (Wildman–Crippen LogP) is 19.3. The first-order valence-corrected chi connectivity index (χ1v) is 46.0. The quantitative estimate of drug-likeness (QED) is 0.0801. The molecule has 6 aromatic heterocycles. The van der Waals surface area contributed by atoms with Crippen molar-refractivity contribution in [2.75, 3.05) is 117 Å².